The number of benzene rings is 12. The molecule has 16 nitrogen and oxygen atoms in total. The fraction of sp³-hybridized carbons (Fsp3) is 0. The van der Waals surface area contributed by atoms with Crippen LogP contribution in [0.15, 0.2) is 405 Å². The van der Waals surface area contributed by atoms with Crippen LogP contribution >= 0.6 is 45.3 Å². The highest BCUT2D eigenvalue weighted by Crippen LogP contribution is 2.58. The molecule has 8 aliphatic rings. The van der Waals surface area contributed by atoms with Gasteiger partial charge < -0.3 is 56.2 Å². The average Bonchev–Trinajstić information content (AvgIpc) is 1.55. The van der Waals surface area contributed by atoms with Gasteiger partial charge in [-0.15, -0.1) is 45.3 Å². The molecule has 0 radical (unpaired) electrons. The lowest BCUT2D eigenvalue weighted by molar-refractivity contribution is 0.580. The average molecular weight is 1770 g/mol. The first-order valence-electron chi connectivity index (χ1n) is 44.0. The number of fused-ring (bicyclic) bond motifs is 44. The first kappa shape index (κ1) is 73.9. The van der Waals surface area contributed by atoms with Crippen LogP contribution in [0, 0.1) is 0 Å². The van der Waals surface area contributed by atoms with Gasteiger partial charge in [0.15, 0.2) is 11.5 Å². The number of hydrogen-bond donors (Lipinski definition) is 0. The van der Waals surface area contributed by atoms with Gasteiger partial charge in [0.05, 0.1) is 102 Å². The molecule has 24 aromatic rings. The summed E-state index contributed by atoms with van der Waals surface area (Å²) in [6.45, 7) is -0.0512. The monoisotopic (exact) mass is 1760 g/mol. The molecule has 0 spiro atoms. The standard InChI is InChI=1S/C27H16BN3O2.2C27H16BN3OS.C27H16BN3S2/c1-4-10-24-18(6-1)19-16-17(11-12-25(19)33-24)30-21-8-2-3-9-22(21)31-23-13-15-32-27(23)26-20(28(30)31)7-5-14-29-26;1-4-10-24-18(6-1)19-16-17(11-12-25(19)32-24)30-21-8-2-3-9-22(21)31-23-13-15-33-27(23)26-20(28(30)31)7-5-14-29-26;2*1-4-10-24-18(6-1)19-16-17(11-12-25(19)33-24)30-21-8-2-3-9-22(21)31-23-13-15-32-27(23)26-20(28(30)31)7-5-14-29-26/h4*1-16H. The Labute approximate surface area is 772 Å². The van der Waals surface area contributed by atoms with Gasteiger partial charge in [0.2, 0.25) is 0 Å². The molecular weight excluding hydrogens is 1700 g/mol. The second kappa shape index (κ2) is 28.7. The van der Waals surface area contributed by atoms with E-state index in [4.69, 9.17) is 37.6 Å². The third-order valence-corrected chi connectivity index (χ3v) is 31.2. The molecule has 0 amide bonds. The van der Waals surface area contributed by atoms with Crippen LogP contribution in [-0.4, -0.2) is 47.9 Å². The van der Waals surface area contributed by atoms with Crippen molar-refractivity contribution in [1.29, 1.82) is 0 Å². The lowest BCUT2D eigenvalue weighted by atomic mass is 9.61. The van der Waals surface area contributed by atoms with Gasteiger partial charge in [-0.05, 0) is 227 Å². The lowest BCUT2D eigenvalue weighted by Crippen LogP contribution is -2.55. The summed E-state index contributed by atoms with van der Waals surface area (Å²) in [4.78, 5) is 41.0. The maximum atomic E-state index is 6.10. The van der Waals surface area contributed by atoms with Crippen LogP contribution in [0.5, 0.6) is 0 Å². The minimum Gasteiger partial charge on any atom is -0.461 e. The van der Waals surface area contributed by atoms with Gasteiger partial charge in [0.1, 0.15) is 33.7 Å². The van der Waals surface area contributed by atoms with E-state index < -0.39 is 0 Å². The Kier molecular flexibility index (Phi) is 16.1. The van der Waals surface area contributed by atoms with Crippen molar-refractivity contribution >= 4 is 270 Å². The summed E-state index contributed by atoms with van der Waals surface area (Å²) in [6, 6.07) is 121. The molecule has 24 heteroatoms. The van der Waals surface area contributed by atoms with E-state index in [1.54, 1.807) is 35.2 Å². The fourth-order valence-electron chi connectivity index (χ4n) is 21.7. The number of para-hydroxylation sites is 10. The zero-order valence-corrected chi connectivity index (χ0v) is 73.2. The second-order valence-electron chi connectivity index (χ2n) is 33.8. The van der Waals surface area contributed by atoms with E-state index in [1.807, 2.05) is 96.0 Å². The third kappa shape index (κ3) is 10.7. The summed E-state index contributed by atoms with van der Waals surface area (Å²) >= 11 is 7.24. The summed E-state index contributed by atoms with van der Waals surface area (Å²) in [5, 5.41) is 14.1. The summed E-state index contributed by atoms with van der Waals surface area (Å²) in [5.74, 6) is 1.65. The Morgan fingerprint density at radius 2 is 0.515 bits per heavy atom. The number of nitrogens with zero attached hydrogens (tertiary/aromatic N) is 12. The Bertz CT molecular complexity index is 7910. The summed E-state index contributed by atoms with van der Waals surface area (Å²) in [7, 11) is 0. The third-order valence-electron chi connectivity index (χ3n) is 27.1. The zero-order chi connectivity index (χ0) is 86.1. The van der Waals surface area contributed by atoms with E-state index in [-0.39, 0.29) is 27.9 Å². The molecule has 12 aromatic carbocycles. The largest absolute Gasteiger partial charge is 0.461 e. The topological polar surface area (TPSA) is 130 Å². The van der Waals surface area contributed by atoms with E-state index in [2.05, 4.69) is 340 Å². The van der Waals surface area contributed by atoms with Gasteiger partial charge in [-0.2, -0.15) is 0 Å². The molecule has 20 heterocycles. The SMILES string of the molecule is c1cnc2c(c1)B1N(c3ccc4oc5ccccc5c4c3)c3ccccc3N1c1ccoc1-2.c1cnc2c(c1)B1N(c3ccc4oc5ccccc5c4c3)c3ccccc3N1c1ccsc1-2.c1cnc2c(c1)B1N(c3ccc4sc5ccccc5c4c3)c3ccccc3N1c1ccoc1-2.c1cnc2c(c1)B1N(c3ccc4sc5ccccc5c4c3)c3ccccc3N1c1ccsc1-2. The van der Waals surface area contributed by atoms with Gasteiger partial charge in [0.25, 0.3) is 0 Å². The second-order valence-corrected chi connectivity index (χ2v) is 37.8. The molecule has 0 N–H and O–H groups in total. The van der Waals surface area contributed by atoms with Crippen LogP contribution in [0.2, 0.25) is 0 Å². The summed E-state index contributed by atoms with van der Waals surface area (Å²) < 4.78 is 29.3. The van der Waals surface area contributed by atoms with Crippen LogP contribution in [0.25, 0.3) is 128 Å². The number of rotatable bonds is 4. The molecule has 0 unspecified atom stereocenters. The Balaban J connectivity index is 0.0000000862. The van der Waals surface area contributed by atoms with E-state index >= 15 is 0 Å². The van der Waals surface area contributed by atoms with Crippen LogP contribution in [0.4, 0.5) is 91.0 Å². The molecule has 0 fully saturated rings. The minimum absolute atomic E-state index is 0.00353. The number of anilines is 16. The van der Waals surface area contributed by atoms with Crippen LogP contribution in [0.3, 0.4) is 0 Å². The lowest BCUT2D eigenvalue weighted by Gasteiger charge is -2.34. The number of hydrogen-bond acceptors (Lipinski definition) is 20. The molecule has 8 aliphatic heterocycles. The van der Waals surface area contributed by atoms with Crippen LogP contribution in [-0.2, 0) is 0 Å². The molecule has 0 atom stereocenters. The molecule has 616 valence electrons. The highest BCUT2D eigenvalue weighted by Gasteiger charge is 2.54. The van der Waals surface area contributed by atoms with E-state index in [9.17, 15) is 0 Å². The van der Waals surface area contributed by atoms with Gasteiger partial charge in [-0.25, -0.2) is 0 Å². The van der Waals surface area contributed by atoms with Crippen molar-refractivity contribution in [2.75, 3.05) is 38.5 Å². The van der Waals surface area contributed by atoms with Crippen molar-refractivity contribution in [2.24, 2.45) is 0 Å². The normalized spacial score (nSPS) is 13.9. The molecule has 0 saturated carbocycles. The minimum atomic E-state index is -0.0631. The van der Waals surface area contributed by atoms with Crippen molar-refractivity contribution in [3.8, 4) is 44.1 Å². The van der Waals surface area contributed by atoms with Gasteiger partial charge in [0, 0.05) is 109 Å². The highest BCUT2D eigenvalue weighted by molar-refractivity contribution is 7.26. The fourth-order valence-corrected chi connectivity index (χ4v) is 25.7. The number of pyridine rings is 4. The Morgan fingerprint density at radius 1 is 0.220 bits per heavy atom. The summed E-state index contributed by atoms with van der Waals surface area (Å²) in [6.07, 6.45) is 11.0. The molecular formula is C108H64B4N12O4S4. The molecule has 132 heavy (non-hydrogen) atoms. The highest BCUT2D eigenvalue weighted by atomic mass is 32.1. The number of aromatic nitrogens is 4. The van der Waals surface area contributed by atoms with Gasteiger partial charge in [-0.1, -0.05) is 146 Å². The molecule has 0 saturated heterocycles. The van der Waals surface area contributed by atoms with Crippen molar-refractivity contribution in [3.63, 3.8) is 0 Å². The van der Waals surface area contributed by atoms with Crippen molar-refractivity contribution in [1.82, 2.24) is 19.9 Å². The van der Waals surface area contributed by atoms with Crippen molar-refractivity contribution < 1.29 is 17.7 Å². The van der Waals surface area contributed by atoms with Crippen molar-refractivity contribution in [3.05, 3.63) is 388 Å². The smallest absolute Gasteiger partial charge is 0.423 e. The number of furan rings is 4. The number of thiophene rings is 4. The van der Waals surface area contributed by atoms with Crippen molar-refractivity contribution in [2.45, 2.75) is 0 Å². The van der Waals surface area contributed by atoms with E-state index in [0.717, 1.165) is 123 Å². The van der Waals surface area contributed by atoms with Gasteiger partial charge in [-0.3, -0.25) is 19.9 Å². The quantitative estimate of drug-likeness (QED) is 0.155. The Morgan fingerprint density at radius 3 is 0.902 bits per heavy atom. The summed E-state index contributed by atoms with van der Waals surface area (Å²) in [5.41, 5.74) is 31.1. The predicted octanol–water partition coefficient (Wildman–Crippen LogP) is 26.8. The molecule has 12 aromatic heterocycles. The van der Waals surface area contributed by atoms with Gasteiger partial charge >= 0.3 is 27.9 Å². The van der Waals surface area contributed by atoms with Crippen LogP contribution in [0.1, 0.15) is 0 Å². The van der Waals surface area contributed by atoms with E-state index in [1.165, 1.54) is 118 Å². The van der Waals surface area contributed by atoms with Crippen LogP contribution < -0.4 is 60.3 Å². The zero-order valence-electron chi connectivity index (χ0n) is 69.9. The molecule has 0 bridgehead atoms. The Hall–Kier alpha value is -16.1. The first-order chi connectivity index (χ1) is 65.5. The maximum Gasteiger partial charge on any atom is 0.423 e. The first-order valence-corrected chi connectivity index (χ1v) is 47.4. The molecule has 32 rings (SSSR count). The molecule has 0 aliphatic carbocycles. The predicted molar refractivity (Wildman–Crippen MR) is 550 cm³/mol. The van der Waals surface area contributed by atoms with E-state index in [0.29, 0.717) is 0 Å². The maximum absolute atomic E-state index is 6.10.